The first-order chi connectivity index (χ1) is 8.22. The van der Waals surface area contributed by atoms with E-state index in [1.807, 2.05) is 0 Å². The van der Waals surface area contributed by atoms with Crippen molar-refractivity contribution in [1.82, 2.24) is 4.90 Å². The van der Waals surface area contributed by atoms with Gasteiger partial charge in [-0.25, -0.2) is 4.39 Å². The third kappa shape index (κ3) is 2.64. The van der Waals surface area contributed by atoms with Crippen molar-refractivity contribution < 1.29 is 14.3 Å². The fourth-order valence-electron chi connectivity index (χ4n) is 2.20. The maximum Gasteiger partial charge on any atom is 0.256 e. The minimum Gasteiger partial charge on any atom is -0.396 e. The summed E-state index contributed by atoms with van der Waals surface area (Å²) in [7, 11) is 0. The summed E-state index contributed by atoms with van der Waals surface area (Å²) in [5.41, 5.74) is 0.117. The highest BCUT2D eigenvalue weighted by atomic mass is 19.1. The van der Waals surface area contributed by atoms with Crippen molar-refractivity contribution in [3.63, 3.8) is 0 Å². The van der Waals surface area contributed by atoms with Crippen LogP contribution < -0.4 is 0 Å². The lowest BCUT2D eigenvalue weighted by molar-refractivity contribution is 0.0616. The van der Waals surface area contributed by atoms with Gasteiger partial charge in [-0.15, -0.1) is 0 Å². The van der Waals surface area contributed by atoms with Crippen LogP contribution in [0.15, 0.2) is 24.3 Å². The summed E-state index contributed by atoms with van der Waals surface area (Å²) in [5.74, 6) is -0.635. The maximum atomic E-state index is 13.5. The second-order valence-electron chi connectivity index (χ2n) is 4.42. The molecule has 1 aliphatic heterocycles. The predicted octanol–water partition coefficient (Wildman–Crippen LogP) is 1.67. The van der Waals surface area contributed by atoms with E-state index in [1.165, 1.54) is 12.1 Å². The van der Waals surface area contributed by atoms with E-state index < -0.39 is 5.82 Å². The van der Waals surface area contributed by atoms with Crippen LogP contribution in [-0.2, 0) is 0 Å². The van der Waals surface area contributed by atoms with Gasteiger partial charge in [0.05, 0.1) is 5.56 Å². The number of amides is 1. The molecule has 1 amide bonds. The van der Waals surface area contributed by atoms with Gasteiger partial charge in [0.25, 0.3) is 5.91 Å². The summed E-state index contributed by atoms with van der Waals surface area (Å²) in [6, 6.07) is 6.02. The number of likely N-dealkylation sites (tertiary alicyclic amines) is 1. The van der Waals surface area contributed by atoms with Gasteiger partial charge in [0.15, 0.2) is 0 Å². The summed E-state index contributed by atoms with van der Waals surface area (Å²) in [6.07, 6.45) is 1.79. The summed E-state index contributed by atoms with van der Waals surface area (Å²) in [4.78, 5) is 13.7. The lowest BCUT2D eigenvalue weighted by atomic mass is 9.98. The molecule has 1 atom stereocenters. The Balaban J connectivity index is 2.12. The first-order valence-electron chi connectivity index (χ1n) is 5.87. The van der Waals surface area contributed by atoms with Gasteiger partial charge in [-0.2, -0.15) is 0 Å². The molecule has 1 N–H and O–H groups in total. The summed E-state index contributed by atoms with van der Waals surface area (Å²) in [6.45, 7) is 1.24. The fourth-order valence-corrected chi connectivity index (χ4v) is 2.20. The van der Waals surface area contributed by atoms with Gasteiger partial charge >= 0.3 is 0 Å². The molecular formula is C13H16FNO2. The molecule has 1 fully saturated rings. The van der Waals surface area contributed by atoms with Crippen LogP contribution >= 0.6 is 0 Å². The minimum absolute atomic E-state index is 0.0844. The minimum atomic E-state index is -0.483. The molecular weight excluding hydrogens is 221 g/mol. The smallest absolute Gasteiger partial charge is 0.256 e. The average molecular weight is 237 g/mol. The molecule has 4 heteroatoms. The van der Waals surface area contributed by atoms with Crippen molar-refractivity contribution in [2.45, 2.75) is 12.8 Å². The van der Waals surface area contributed by atoms with E-state index in [0.717, 1.165) is 12.8 Å². The van der Waals surface area contributed by atoms with Crippen molar-refractivity contribution in [3.8, 4) is 0 Å². The first-order valence-corrected chi connectivity index (χ1v) is 5.87. The second-order valence-corrected chi connectivity index (χ2v) is 4.42. The van der Waals surface area contributed by atoms with E-state index >= 15 is 0 Å². The number of benzene rings is 1. The number of hydrogen-bond acceptors (Lipinski definition) is 2. The number of rotatable bonds is 2. The largest absolute Gasteiger partial charge is 0.396 e. The Bertz CT molecular complexity index is 408. The lowest BCUT2D eigenvalue weighted by Gasteiger charge is -2.31. The molecule has 1 aliphatic rings. The first kappa shape index (κ1) is 12.0. The summed E-state index contributed by atoms with van der Waals surface area (Å²) in [5, 5.41) is 9.10. The molecule has 1 heterocycles. The molecule has 1 saturated heterocycles. The Morgan fingerprint density at radius 1 is 1.47 bits per heavy atom. The summed E-state index contributed by atoms with van der Waals surface area (Å²) >= 11 is 0. The van der Waals surface area contributed by atoms with E-state index in [-0.39, 0.29) is 24.0 Å². The van der Waals surface area contributed by atoms with Crippen molar-refractivity contribution in [1.29, 1.82) is 0 Å². The molecule has 0 bridgehead atoms. The van der Waals surface area contributed by atoms with Gasteiger partial charge in [-0.1, -0.05) is 12.1 Å². The van der Waals surface area contributed by atoms with E-state index in [2.05, 4.69) is 0 Å². The number of piperidine rings is 1. The number of hydrogen-bond donors (Lipinski definition) is 1. The Labute approximate surface area is 99.9 Å². The summed E-state index contributed by atoms with van der Waals surface area (Å²) < 4.78 is 13.5. The normalized spacial score (nSPS) is 20.4. The second kappa shape index (κ2) is 5.27. The highest BCUT2D eigenvalue weighted by Crippen LogP contribution is 2.19. The van der Waals surface area contributed by atoms with Crippen molar-refractivity contribution in [2.24, 2.45) is 5.92 Å². The van der Waals surface area contributed by atoms with Crippen LogP contribution in [0.4, 0.5) is 4.39 Å². The molecule has 1 aromatic carbocycles. The van der Waals surface area contributed by atoms with Crippen LogP contribution in [0.5, 0.6) is 0 Å². The number of halogens is 1. The number of carbonyl (C=O) groups is 1. The number of aliphatic hydroxyl groups is 1. The van der Waals surface area contributed by atoms with Gasteiger partial charge < -0.3 is 10.0 Å². The molecule has 3 nitrogen and oxygen atoms in total. The van der Waals surface area contributed by atoms with Crippen LogP contribution in [0.1, 0.15) is 23.2 Å². The average Bonchev–Trinajstić information content (AvgIpc) is 2.38. The Morgan fingerprint density at radius 2 is 2.24 bits per heavy atom. The highest BCUT2D eigenvalue weighted by Gasteiger charge is 2.25. The van der Waals surface area contributed by atoms with Gasteiger partial charge in [0.2, 0.25) is 0 Å². The van der Waals surface area contributed by atoms with Crippen LogP contribution in [-0.4, -0.2) is 35.6 Å². The molecule has 0 radical (unpaired) electrons. The Kier molecular flexibility index (Phi) is 3.74. The zero-order valence-corrected chi connectivity index (χ0v) is 9.60. The van der Waals surface area contributed by atoms with Crippen molar-refractivity contribution in [3.05, 3.63) is 35.6 Å². The quantitative estimate of drug-likeness (QED) is 0.850. The van der Waals surface area contributed by atoms with E-state index in [1.54, 1.807) is 17.0 Å². The molecule has 92 valence electrons. The zero-order chi connectivity index (χ0) is 12.3. The lowest BCUT2D eigenvalue weighted by Crippen LogP contribution is -2.41. The van der Waals surface area contributed by atoms with E-state index in [0.29, 0.717) is 13.1 Å². The molecule has 0 aliphatic carbocycles. The molecule has 0 saturated carbocycles. The van der Waals surface area contributed by atoms with Crippen molar-refractivity contribution >= 4 is 5.91 Å². The number of aliphatic hydroxyl groups excluding tert-OH is 1. The SMILES string of the molecule is O=C(c1ccccc1F)N1CCC[C@@H](CO)C1. The molecule has 0 aromatic heterocycles. The zero-order valence-electron chi connectivity index (χ0n) is 9.60. The van der Waals surface area contributed by atoms with Crippen LogP contribution in [0.2, 0.25) is 0 Å². The number of carbonyl (C=O) groups excluding carboxylic acids is 1. The van der Waals surface area contributed by atoms with Gasteiger partial charge in [0.1, 0.15) is 5.82 Å². The highest BCUT2D eigenvalue weighted by molar-refractivity contribution is 5.94. The molecule has 1 aromatic rings. The van der Waals surface area contributed by atoms with Crippen LogP contribution in [0, 0.1) is 11.7 Å². The standard InChI is InChI=1S/C13H16FNO2/c14-12-6-2-1-5-11(12)13(17)15-7-3-4-10(8-15)9-16/h1-2,5-6,10,16H,3-4,7-9H2/t10-/m1/s1. The van der Waals surface area contributed by atoms with E-state index in [4.69, 9.17) is 5.11 Å². The third-order valence-electron chi connectivity index (χ3n) is 3.17. The monoisotopic (exact) mass is 237 g/mol. The molecule has 2 rings (SSSR count). The maximum absolute atomic E-state index is 13.5. The van der Waals surface area contributed by atoms with Crippen LogP contribution in [0.3, 0.4) is 0 Å². The number of nitrogens with zero attached hydrogens (tertiary/aromatic N) is 1. The van der Waals surface area contributed by atoms with Gasteiger partial charge in [-0.3, -0.25) is 4.79 Å². The van der Waals surface area contributed by atoms with Gasteiger partial charge in [-0.05, 0) is 30.9 Å². The Hall–Kier alpha value is -1.42. The Morgan fingerprint density at radius 3 is 2.94 bits per heavy atom. The predicted molar refractivity (Wildman–Crippen MR) is 62.1 cm³/mol. The van der Waals surface area contributed by atoms with E-state index in [9.17, 15) is 9.18 Å². The van der Waals surface area contributed by atoms with Gasteiger partial charge in [0, 0.05) is 19.7 Å². The fraction of sp³-hybridized carbons (Fsp3) is 0.462. The topological polar surface area (TPSA) is 40.5 Å². The molecule has 0 spiro atoms. The molecule has 0 unspecified atom stereocenters. The third-order valence-corrected chi connectivity index (χ3v) is 3.17. The van der Waals surface area contributed by atoms with Crippen LogP contribution in [0.25, 0.3) is 0 Å². The molecule has 17 heavy (non-hydrogen) atoms. The van der Waals surface area contributed by atoms with Crippen molar-refractivity contribution in [2.75, 3.05) is 19.7 Å².